The van der Waals surface area contributed by atoms with Crippen LogP contribution in [-0.4, -0.2) is 18.0 Å². The van der Waals surface area contributed by atoms with E-state index in [-0.39, 0.29) is 5.91 Å². The van der Waals surface area contributed by atoms with E-state index in [1.807, 2.05) is 0 Å². The average Bonchev–Trinajstić information content (AvgIpc) is 2.26. The van der Waals surface area contributed by atoms with Crippen molar-refractivity contribution in [2.75, 3.05) is 12.4 Å². The summed E-state index contributed by atoms with van der Waals surface area (Å²) in [4.78, 5) is 15.4. The standard InChI is InChI=1S/C11H16N2O2/c1-3-4-5-10(14)13-9-6-7-12-11(8-9)15-2/h6-8H,3-5H2,1-2H3,(H,12,13,14). The highest BCUT2D eigenvalue weighted by Crippen LogP contribution is 2.13. The molecule has 0 atom stereocenters. The second kappa shape index (κ2) is 6.01. The summed E-state index contributed by atoms with van der Waals surface area (Å²) in [7, 11) is 1.55. The van der Waals surface area contributed by atoms with Gasteiger partial charge in [-0.15, -0.1) is 0 Å². The predicted octanol–water partition coefficient (Wildman–Crippen LogP) is 2.22. The fourth-order valence-electron chi connectivity index (χ4n) is 1.16. The number of carbonyl (C=O) groups excluding carboxylic acids is 1. The van der Waals surface area contributed by atoms with E-state index in [2.05, 4.69) is 17.2 Å². The van der Waals surface area contributed by atoms with Gasteiger partial charge in [0, 0.05) is 24.4 Å². The van der Waals surface area contributed by atoms with Crippen molar-refractivity contribution in [3.05, 3.63) is 18.3 Å². The number of hydrogen-bond donors (Lipinski definition) is 1. The second-order valence-electron chi connectivity index (χ2n) is 3.24. The summed E-state index contributed by atoms with van der Waals surface area (Å²) >= 11 is 0. The molecule has 1 aromatic rings. The lowest BCUT2D eigenvalue weighted by Gasteiger charge is -2.05. The molecule has 4 nitrogen and oxygen atoms in total. The van der Waals surface area contributed by atoms with Crippen molar-refractivity contribution in [2.24, 2.45) is 0 Å². The number of pyridine rings is 1. The summed E-state index contributed by atoms with van der Waals surface area (Å²) in [6, 6.07) is 3.44. The summed E-state index contributed by atoms with van der Waals surface area (Å²) in [5, 5.41) is 2.79. The highest BCUT2D eigenvalue weighted by atomic mass is 16.5. The molecule has 0 aromatic carbocycles. The minimum atomic E-state index is 0.0325. The van der Waals surface area contributed by atoms with E-state index >= 15 is 0 Å². The minimum absolute atomic E-state index is 0.0325. The molecule has 15 heavy (non-hydrogen) atoms. The van der Waals surface area contributed by atoms with Crippen molar-refractivity contribution >= 4 is 11.6 Å². The summed E-state index contributed by atoms with van der Waals surface area (Å²) in [5.74, 6) is 0.536. The van der Waals surface area contributed by atoms with Gasteiger partial charge in [-0.1, -0.05) is 13.3 Å². The molecule has 0 aliphatic rings. The zero-order valence-corrected chi connectivity index (χ0v) is 9.12. The Balaban J connectivity index is 2.52. The summed E-state index contributed by atoms with van der Waals surface area (Å²) in [5.41, 5.74) is 0.725. The average molecular weight is 208 g/mol. The van der Waals surface area contributed by atoms with Crippen molar-refractivity contribution in [3.63, 3.8) is 0 Å². The van der Waals surface area contributed by atoms with Gasteiger partial charge < -0.3 is 10.1 Å². The van der Waals surface area contributed by atoms with Gasteiger partial charge in [0.05, 0.1) is 7.11 Å². The number of carbonyl (C=O) groups is 1. The Hall–Kier alpha value is -1.58. The molecule has 4 heteroatoms. The maximum atomic E-state index is 11.4. The molecule has 1 rings (SSSR count). The van der Waals surface area contributed by atoms with Gasteiger partial charge in [0.2, 0.25) is 11.8 Å². The van der Waals surface area contributed by atoms with E-state index in [9.17, 15) is 4.79 Å². The fourth-order valence-corrected chi connectivity index (χ4v) is 1.16. The van der Waals surface area contributed by atoms with Gasteiger partial charge in [-0.25, -0.2) is 4.98 Å². The Bertz CT molecular complexity index is 326. The van der Waals surface area contributed by atoms with Crippen LogP contribution in [0.1, 0.15) is 26.2 Å². The van der Waals surface area contributed by atoms with Gasteiger partial charge >= 0.3 is 0 Å². The second-order valence-corrected chi connectivity index (χ2v) is 3.24. The van der Waals surface area contributed by atoms with Crippen LogP contribution in [-0.2, 0) is 4.79 Å². The zero-order valence-electron chi connectivity index (χ0n) is 9.12. The molecule has 0 aliphatic heterocycles. The molecule has 0 saturated carbocycles. The summed E-state index contributed by atoms with van der Waals surface area (Å²) < 4.78 is 4.96. The fraction of sp³-hybridized carbons (Fsp3) is 0.455. The van der Waals surface area contributed by atoms with Crippen LogP contribution in [0.5, 0.6) is 5.88 Å². The molecule has 0 spiro atoms. The Morgan fingerprint density at radius 1 is 1.60 bits per heavy atom. The van der Waals surface area contributed by atoms with Crippen molar-refractivity contribution < 1.29 is 9.53 Å². The molecule has 0 saturated heterocycles. The van der Waals surface area contributed by atoms with Gasteiger partial charge in [-0.3, -0.25) is 4.79 Å². The molecule has 1 heterocycles. The van der Waals surface area contributed by atoms with Crippen LogP contribution in [0.15, 0.2) is 18.3 Å². The summed E-state index contributed by atoms with van der Waals surface area (Å²) in [6.45, 7) is 2.06. The van der Waals surface area contributed by atoms with Gasteiger partial charge in [0.15, 0.2) is 0 Å². The van der Waals surface area contributed by atoms with E-state index in [0.717, 1.165) is 18.5 Å². The lowest BCUT2D eigenvalue weighted by atomic mass is 10.2. The minimum Gasteiger partial charge on any atom is -0.481 e. The van der Waals surface area contributed by atoms with E-state index in [0.29, 0.717) is 12.3 Å². The van der Waals surface area contributed by atoms with Crippen LogP contribution < -0.4 is 10.1 Å². The normalized spacial score (nSPS) is 9.73. The maximum Gasteiger partial charge on any atom is 0.224 e. The number of ether oxygens (including phenoxy) is 1. The molecule has 0 bridgehead atoms. The van der Waals surface area contributed by atoms with Crippen molar-refractivity contribution in [1.29, 1.82) is 0 Å². The Morgan fingerprint density at radius 2 is 2.40 bits per heavy atom. The van der Waals surface area contributed by atoms with Gasteiger partial charge in [0.1, 0.15) is 0 Å². The highest BCUT2D eigenvalue weighted by Gasteiger charge is 2.02. The first-order valence-corrected chi connectivity index (χ1v) is 5.06. The van der Waals surface area contributed by atoms with Crippen molar-refractivity contribution in [1.82, 2.24) is 4.98 Å². The van der Waals surface area contributed by atoms with Crippen molar-refractivity contribution in [3.8, 4) is 5.88 Å². The molecule has 0 fully saturated rings. The number of methoxy groups -OCH3 is 1. The van der Waals surface area contributed by atoms with Crippen LogP contribution in [0.25, 0.3) is 0 Å². The third-order valence-corrected chi connectivity index (χ3v) is 1.99. The van der Waals surface area contributed by atoms with Crippen LogP contribution in [0, 0.1) is 0 Å². The van der Waals surface area contributed by atoms with E-state index in [1.54, 1.807) is 25.4 Å². The summed E-state index contributed by atoms with van der Waals surface area (Å²) in [6.07, 6.45) is 4.09. The van der Waals surface area contributed by atoms with Crippen LogP contribution >= 0.6 is 0 Å². The first-order valence-electron chi connectivity index (χ1n) is 5.06. The number of hydrogen-bond acceptors (Lipinski definition) is 3. The molecule has 0 unspecified atom stereocenters. The lowest BCUT2D eigenvalue weighted by molar-refractivity contribution is -0.116. The predicted molar refractivity (Wildman–Crippen MR) is 58.9 cm³/mol. The molecular formula is C11H16N2O2. The molecule has 0 aliphatic carbocycles. The Morgan fingerprint density at radius 3 is 3.07 bits per heavy atom. The largest absolute Gasteiger partial charge is 0.481 e. The topological polar surface area (TPSA) is 51.2 Å². The van der Waals surface area contributed by atoms with Crippen LogP contribution in [0.4, 0.5) is 5.69 Å². The number of unbranched alkanes of at least 4 members (excludes halogenated alkanes) is 1. The maximum absolute atomic E-state index is 11.4. The molecule has 0 radical (unpaired) electrons. The Labute approximate surface area is 89.7 Å². The number of amides is 1. The Kier molecular flexibility index (Phi) is 4.60. The smallest absolute Gasteiger partial charge is 0.224 e. The molecular weight excluding hydrogens is 192 g/mol. The third kappa shape index (κ3) is 3.97. The van der Waals surface area contributed by atoms with Crippen LogP contribution in [0.3, 0.4) is 0 Å². The van der Waals surface area contributed by atoms with Crippen LogP contribution in [0.2, 0.25) is 0 Å². The number of anilines is 1. The first kappa shape index (κ1) is 11.5. The van der Waals surface area contributed by atoms with Gasteiger partial charge in [0.25, 0.3) is 0 Å². The lowest BCUT2D eigenvalue weighted by Crippen LogP contribution is -2.11. The molecule has 1 N–H and O–H groups in total. The van der Waals surface area contributed by atoms with E-state index < -0.39 is 0 Å². The molecule has 82 valence electrons. The van der Waals surface area contributed by atoms with E-state index in [4.69, 9.17) is 4.74 Å². The quantitative estimate of drug-likeness (QED) is 0.807. The number of rotatable bonds is 5. The molecule has 1 aromatic heterocycles. The highest BCUT2D eigenvalue weighted by molar-refractivity contribution is 5.90. The number of aromatic nitrogens is 1. The van der Waals surface area contributed by atoms with E-state index in [1.165, 1.54) is 0 Å². The number of nitrogens with one attached hydrogen (secondary N) is 1. The third-order valence-electron chi connectivity index (χ3n) is 1.99. The number of nitrogens with zero attached hydrogens (tertiary/aromatic N) is 1. The van der Waals surface area contributed by atoms with Gasteiger partial charge in [-0.05, 0) is 12.5 Å². The SMILES string of the molecule is CCCCC(=O)Nc1ccnc(OC)c1. The van der Waals surface area contributed by atoms with Gasteiger partial charge in [-0.2, -0.15) is 0 Å². The zero-order chi connectivity index (χ0) is 11.1. The van der Waals surface area contributed by atoms with Crippen molar-refractivity contribution in [2.45, 2.75) is 26.2 Å². The monoisotopic (exact) mass is 208 g/mol. The first-order chi connectivity index (χ1) is 7.26. The molecule has 1 amide bonds.